The van der Waals surface area contributed by atoms with Crippen molar-refractivity contribution in [2.24, 2.45) is 5.73 Å². The van der Waals surface area contributed by atoms with Crippen LogP contribution in [-0.2, 0) is 12.8 Å². The maximum Gasteiger partial charge on any atom is 0.118 e. The number of methoxy groups -OCH3 is 1. The summed E-state index contributed by atoms with van der Waals surface area (Å²) in [5.41, 5.74) is 8.84. The fourth-order valence-electron chi connectivity index (χ4n) is 2.17. The van der Waals surface area contributed by atoms with E-state index in [0.29, 0.717) is 0 Å². The fraction of sp³-hybridized carbons (Fsp3) is 0.294. The number of hydrogen-bond acceptors (Lipinski definition) is 2. The molecule has 0 aliphatic carbocycles. The number of nitrogens with two attached hydrogens (primary N) is 1. The van der Waals surface area contributed by atoms with Gasteiger partial charge in [-0.15, -0.1) is 0 Å². The first-order valence-corrected chi connectivity index (χ1v) is 7.88. The number of ether oxygens (including phenoxy) is 1. The number of hydrogen-bond donors (Lipinski definition) is 1. The Morgan fingerprint density at radius 3 is 2.20 bits per heavy atom. The van der Waals surface area contributed by atoms with Crippen LogP contribution in [0.5, 0.6) is 5.75 Å². The van der Waals surface area contributed by atoms with E-state index in [1.165, 1.54) is 14.7 Å². The summed E-state index contributed by atoms with van der Waals surface area (Å²) in [5.74, 6) is 0.900. The van der Waals surface area contributed by atoms with Gasteiger partial charge in [-0.25, -0.2) is 0 Å². The molecule has 2 N–H and O–H groups in total. The molecule has 2 aromatic carbocycles. The molecule has 0 aliphatic heterocycles. The van der Waals surface area contributed by atoms with Gasteiger partial charge in [-0.2, -0.15) is 0 Å². The van der Waals surface area contributed by atoms with Gasteiger partial charge in [0.2, 0.25) is 0 Å². The van der Waals surface area contributed by atoms with E-state index in [1.54, 1.807) is 7.11 Å². The van der Waals surface area contributed by atoms with Crippen LogP contribution in [-0.4, -0.2) is 13.2 Å². The van der Waals surface area contributed by atoms with E-state index in [2.05, 4.69) is 59.0 Å². The Bertz CT molecular complexity index is 522. The quantitative estimate of drug-likeness (QED) is 0.773. The molecule has 2 nitrogen and oxygen atoms in total. The van der Waals surface area contributed by atoms with Crippen molar-refractivity contribution in [3.63, 3.8) is 0 Å². The average molecular weight is 381 g/mol. The monoisotopic (exact) mass is 381 g/mol. The molecule has 0 heterocycles. The highest BCUT2D eigenvalue weighted by atomic mass is 127. The Labute approximate surface area is 134 Å². The van der Waals surface area contributed by atoms with Crippen LogP contribution in [0, 0.1) is 3.57 Å². The summed E-state index contributed by atoms with van der Waals surface area (Å²) in [5, 5.41) is 0. The lowest BCUT2D eigenvalue weighted by Crippen LogP contribution is -2.23. The molecule has 3 heteroatoms. The predicted molar refractivity (Wildman–Crippen MR) is 92.2 cm³/mol. The van der Waals surface area contributed by atoms with Crippen molar-refractivity contribution in [1.29, 1.82) is 0 Å². The van der Waals surface area contributed by atoms with Gasteiger partial charge in [-0.05, 0) is 77.2 Å². The SMILES string of the molecule is COc1ccc(CCC(N)Cc2ccc(I)cc2)cc1. The Balaban J connectivity index is 1.82. The first kappa shape index (κ1) is 15.3. The summed E-state index contributed by atoms with van der Waals surface area (Å²) < 4.78 is 6.42. The lowest BCUT2D eigenvalue weighted by atomic mass is 10.00. The second-order valence-corrected chi connectivity index (χ2v) is 6.22. The van der Waals surface area contributed by atoms with Crippen LogP contribution in [0.25, 0.3) is 0 Å². The first-order chi connectivity index (χ1) is 9.67. The minimum Gasteiger partial charge on any atom is -0.497 e. The Hall–Kier alpha value is -1.07. The van der Waals surface area contributed by atoms with Gasteiger partial charge >= 0.3 is 0 Å². The normalized spacial score (nSPS) is 12.2. The third kappa shape index (κ3) is 4.80. The largest absolute Gasteiger partial charge is 0.497 e. The number of halogens is 1. The second kappa shape index (κ2) is 7.64. The molecule has 0 bridgehead atoms. The Kier molecular flexibility index (Phi) is 5.86. The maximum atomic E-state index is 6.22. The summed E-state index contributed by atoms with van der Waals surface area (Å²) in [4.78, 5) is 0. The van der Waals surface area contributed by atoms with Gasteiger partial charge < -0.3 is 10.5 Å². The maximum absolute atomic E-state index is 6.22. The van der Waals surface area contributed by atoms with E-state index in [9.17, 15) is 0 Å². The van der Waals surface area contributed by atoms with Gasteiger partial charge in [-0.3, -0.25) is 0 Å². The molecule has 0 spiro atoms. The summed E-state index contributed by atoms with van der Waals surface area (Å²) in [7, 11) is 1.69. The van der Waals surface area contributed by atoms with E-state index in [4.69, 9.17) is 10.5 Å². The van der Waals surface area contributed by atoms with Gasteiger partial charge in [-0.1, -0.05) is 24.3 Å². The molecule has 0 amide bonds. The van der Waals surface area contributed by atoms with Crippen molar-refractivity contribution in [3.05, 3.63) is 63.2 Å². The zero-order valence-corrected chi connectivity index (χ0v) is 13.8. The molecule has 1 atom stereocenters. The van der Waals surface area contributed by atoms with Crippen molar-refractivity contribution in [3.8, 4) is 5.75 Å². The molecule has 0 fully saturated rings. The van der Waals surface area contributed by atoms with E-state index in [0.717, 1.165) is 25.0 Å². The zero-order chi connectivity index (χ0) is 14.4. The molecule has 0 aliphatic rings. The molecule has 20 heavy (non-hydrogen) atoms. The van der Waals surface area contributed by atoms with E-state index < -0.39 is 0 Å². The predicted octanol–water partition coefficient (Wildman–Crippen LogP) is 3.80. The molecular formula is C17H20INO. The topological polar surface area (TPSA) is 35.2 Å². The molecule has 1 unspecified atom stereocenters. The van der Waals surface area contributed by atoms with Crippen LogP contribution in [0.2, 0.25) is 0 Å². The highest BCUT2D eigenvalue weighted by Crippen LogP contribution is 2.14. The summed E-state index contributed by atoms with van der Waals surface area (Å²) >= 11 is 2.32. The number of benzene rings is 2. The van der Waals surface area contributed by atoms with Gasteiger partial charge in [0.15, 0.2) is 0 Å². The summed E-state index contributed by atoms with van der Waals surface area (Å²) in [6.07, 6.45) is 2.95. The first-order valence-electron chi connectivity index (χ1n) is 6.80. The van der Waals surface area contributed by atoms with Crippen LogP contribution in [0.4, 0.5) is 0 Å². The number of aryl methyl sites for hydroxylation is 1. The molecule has 0 saturated carbocycles. The van der Waals surface area contributed by atoms with Gasteiger partial charge in [0, 0.05) is 9.61 Å². The van der Waals surface area contributed by atoms with E-state index >= 15 is 0 Å². The van der Waals surface area contributed by atoms with Crippen molar-refractivity contribution in [2.45, 2.75) is 25.3 Å². The number of rotatable bonds is 6. The molecular weight excluding hydrogens is 361 g/mol. The standard InChI is InChI=1S/C17H20INO/c1-20-17-10-5-13(6-11-17)4-9-16(19)12-14-2-7-15(18)8-3-14/h2-3,5-8,10-11,16H,4,9,12,19H2,1H3. The zero-order valence-electron chi connectivity index (χ0n) is 11.7. The lowest BCUT2D eigenvalue weighted by Gasteiger charge is -2.12. The Morgan fingerprint density at radius 1 is 1.00 bits per heavy atom. The minimum atomic E-state index is 0.206. The van der Waals surface area contributed by atoms with E-state index in [1.807, 2.05) is 12.1 Å². The van der Waals surface area contributed by atoms with Crippen molar-refractivity contribution in [1.82, 2.24) is 0 Å². The summed E-state index contributed by atoms with van der Waals surface area (Å²) in [6, 6.07) is 17.0. The highest BCUT2D eigenvalue weighted by Gasteiger charge is 2.05. The summed E-state index contributed by atoms with van der Waals surface area (Å²) in [6.45, 7) is 0. The second-order valence-electron chi connectivity index (χ2n) is 4.98. The average Bonchev–Trinajstić information content (AvgIpc) is 2.48. The smallest absolute Gasteiger partial charge is 0.118 e. The van der Waals surface area contributed by atoms with Crippen LogP contribution >= 0.6 is 22.6 Å². The fourth-order valence-corrected chi connectivity index (χ4v) is 2.53. The molecule has 2 rings (SSSR count). The van der Waals surface area contributed by atoms with Crippen LogP contribution in [0.1, 0.15) is 17.5 Å². The highest BCUT2D eigenvalue weighted by molar-refractivity contribution is 14.1. The van der Waals surface area contributed by atoms with Gasteiger partial charge in [0.1, 0.15) is 5.75 Å². The van der Waals surface area contributed by atoms with Crippen LogP contribution in [0.15, 0.2) is 48.5 Å². The molecule has 2 aromatic rings. The molecule has 0 radical (unpaired) electrons. The van der Waals surface area contributed by atoms with Crippen LogP contribution in [0.3, 0.4) is 0 Å². The van der Waals surface area contributed by atoms with Crippen LogP contribution < -0.4 is 10.5 Å². The molecule has 0 aromatic heterocycles. The lowest BCUT2D eigenvalue weighted by molar-refractivity contribution is 0.414. The van der Waals surface area contributed by atoms with Crippen molar-refractivity contribution >= 4 is 22.6 Å². The van der Waals surface area contributed by atoms with Gasteiger partial charge in [0.05, 0.1) is 7.11 Å². The molecule has 0 saturated heterocycles. The third-order valence-corrected chi connectivity index (χ3v) is 4.09. The minimum absolute atomic E-state index is 0.206. The Morgan fingerprint density at radius 2 is 1.60 bits per heavy atom. The van der Waals surface area contributed by atoms with Crippen molar-refractivity contribution < 1.29 is 4.74 Å². The van der Waals surface area contributed by atoms with Gasteiger partial charge in [0.25, 0.3) is 0 Å². The van der Waals surface area contributed by atoms with E-state index in [-0.39, 0.29) is 6.04 Å². The van der Waals surface area contributed by atoms with Crippen molar-refractivity contribution in [2.75, 3.05) is 7.11 Å². The molecule has 106 valence electrons. The third-order valence-electron chi connectivity index (χ3n) is 3.37.